The molecule has 0 unspecified atom stereocenters. The quantitative estimate of drug-likeness (QED) is 0.578. The zero-order chi connectivity index (χ0) is 21.8. The minimum Gasteiger partial charge on any atom is -0.313 e. The molecule has 1 aromatic rings. The van der Waals surface area contributed by atoms with Gasteiger partial charge in [0.05, 0.1) is 11.4 Å². The summed E-state index contributed by atoms with van der Waals surface area (Å²) in [6.45, 7) is 17.8. The summed E-state index contributed by atoms with van der Waals surface area (Å²) in [5, 5.41) is 7.82. The second-order valence-electron chi connectivity index (χ2n) is 6.64. The summed E-state index contributed by atoms with van der Waals surface area (Å²) in [4.78, 5) is 9.39. The minimum absolute atomic E-state index is 0.380. The molecule has 1 aliphatic rings. The molecule has 0 saturated heterocycles. The molecule has 1 aromatic heterocycles. The smallest absolute Gasteiger partial charge is 0.152 e. The number of rotatable bonds is 9. The maximum absolute atomic E-state index is 4.85. The second kappa shape index (κ2) is 12.3. The fraction of sp³-hybridized carbons (Fsp3) is 0.240. The molecule has 30 heavy (non-hydrogen) atoms. The molecule has 0 aliphatic carbocycles. The lowest BCUT2D eigenvalue weighted by Crippen LogP contribution is -2.15. The van der Waals surface area contributed by atoms with Crippen LogP contribution in [-0.2, 0) is 6.67 Å². The topological polar surface area (TPSA) is 54.6 Å². The lowest BCUT2D eigenvalue weighted by Gasteiger charge is -2.11. The Kier molecular flexibility index (Phi) is 9.42. The number of nitrogens with one attached hydrogen (secondary N) is 1. The fourth-order valence-electron chi connectivity index (χ4n) is 2.92. The maximum Gasteiger partial charge on any atom is 0.152 e. The Morgan fingerprint density at radius 2 is 2.07 bits per heavy atom. The molecule has 1 N–H and O–H groups in total. The zero-order valence-corrected chi connectivity index (χ0v) is 18.0. The highest BCUT2D eigenvalue weighted by atomic mass is 15.3. The lowest BCUT2D eigenvalue weighted by molar-refractivity contribution is 0.639. The van der Waals surface area contributed by atoms with Gasteiger partial charge in [-0.15, -0.1) is 0 Å². The Balaban J connectivity index is 2.47. The summed E-state index contributed by atoms with van der Waals surface area (Å²) in [7, 11) is 0. The molecule has 0 atom stereocenters. The van der Waals surface area contributed by atoms with E-state index in [1.807, 2.05) is 60.3 Å². The Bertz CT molecular complexity index is 948. The summed E-state index contributed by atoms with van der Waals surface area (Å²) in [6.07, 6.45) is 18.1. The zero-order valence-electron chi connectivity index (χ0n) is 18.0. The summed E-state index contributed by atoms with van der Waals surface area (Å²) in [5.74, 6) is 0.807. The Morgan fingerprint density at radius 3 is 2.77 bits per heavy atom. The predicted molar refractivity (Wildman–Crippen MR) is 130 cm³/mol. The molecule has 5 heteroatoms. The Morgan fingerprint density at radius 1 is 1.23 bits per heavy atom. The van der Waals surface area contributed by atoms with Crippen LogP contribution in [0.4, 0.5) is 5.82 Å². The van der Waals surface area contributed by atoms with Crippen molar-refractivity contribution in [3.63, 3.8) is 0 Å². The first kappa shape index (κ1) is 23.0. The average molecular weight is 402 g/mol. The van der Waals surface area contributed by atoms with Gasteiger partial charge in [0.15, 0.2) is 5.82 Å². The molecule has 0 spiro atoms. The molecular formula is C25H31N5. The Labute approximate surface area is 180 Å². The van der Waals surface area contributed by atoms with Crippen molar-refractivity contribution in [2.75, 3.05) is 13.1 Å². The third-order valence-corrected chi connectivity index (χ3v) is 4.42. The van der Waals surface area contributed by atoms with E-state index in [-0.39, 0.29) is 0 Å². The van der Waals surface area contributed by atoms with Gasteiger partial charge in [0, 0.05) is 30.8 Å². The third kappa shape index (κ3) is 6.64. The number of likely N-dealkylation sites (N-methyl/N-ethyl adjacent to an activating group) is 1. The van der Waals surface area contributed by atoms with Crippen LogP contribution in [0.5, 0.6) is 0 Å². The van der Waals surface area contributed by atoms with Crippen molar-refractivity contribution >= 4 is 17.7 Å². The van der Waals surface area contributed by atoms with Crippen molar-refractivity contribution in [3.8, 4) is 0 Å². The van der Waals surface area contributed by atoms with Gasteiger partial charge in [0.25, 0.3) is 0 Å². The number of hydrogen-bond donors (Lipinski definition) is 1. The number of hydrogen-bond acceptors (Lipinski definition) is 4. The summed E-state index contributed by atoms with van der Waals surface area (Å²) < 4.78 is 1.81. The molecule has 156 valence electrons. The van der Waals surface area contributed by atoms with Crippen molar-refractivity contribution in [3.05, 3.63) is 96.8 Å². The molecule has 5 nitrogen and oxygen atoms in total. The van der Waals surface area contributed by atoms with E-state index in [2.05, 4.69) is 48.1 Å². The van der Waals surface area contributed by atoms with Gasteiger partial charge in [-0.2, -0.15) is 5.10 Å². The normalized spacial score (nSPS) is 19.9. The first-order valence-electron chi connectivity index (χ1n) is 10.1. The molecule has 2 rings (SSSR count). The van der Waals surface area contributed by atoms with Gasteiger partial charge in [-0.25, -0.2) is 9.67 Å². The van der Waals surface area contributed by atoms with Crippen molar-refractivity contribution in [2.24, 2.45) is 9.98 Å². The van der Waals surface area contributed by atoms with Crippen LogP contribution in [0.3, 0.4) is 0 Å². The van der Waals surface area contributed by atoms with Gasteiger partial charge in [-0.1, -0.05) is 69.2 Å². The van der Waals surface area contributed by atoms with Gasteiger partial charge >= 0.3 is 0 Å². The second-order valence-corrected chi connectivity index (χ2v) is 6.64. The van der Waals surface area contributed by atoms with Crippen molar-refractivity contribution in [2.45, 2.75) is 26.9 Å². The number of nitrogens with zero attached hydrogens (tertiary/aromatic N) is 4. The summed E-state index contributed by atoms with van der Waals surface area (Å²) >= 11 is 0. The van der Waals surface area contributed by atoms with E-state index in [4.69, 9.17) is 4.99 Å². The van der Waals surface area contributed by atoms with Gasteiger partial charge in [0.2, 0.25) is 0 Å². The van der Waals surface area contributed by atoms with E-state index in [1.54, 1.807) is 6.08 Å². The SMILES string of the molecule is C=C/C=C(C=C)/C1=C/C/C=N\c2cc(C)nn2C/N=C1/C=C/C=C(\C=C)CNCC. The molecule has 0 saturated carbocycles. The van der Waals surface area contributed by atoms with Gasteiger partial charge in [-0.3, -0.25) is 4.99 Å². The van der Waals surface area contributed by atoms with Gasteiger partial charge in [0.1, 0.15) is 6.67 Å². The van der Waals surface area contributed by atoms with Crippen molar-refractivity contribution in [1.82, 2.24) is 15.1 Å². The van der Waals surface area contributed by atoms with E-state index in [0.29, 0.717) is 13.1 Å². The molecular weight excluding hydrogens is 370 g/mol. The number of allylic oxidation sites excluding steroid dienone is 9. The monoisotopic (exact) mass is 401 g/mol. The highest BCUT2D eigenvalue weighted by molar-refractivity contribution is 6.12. The van der Waals surface area contributed by atoms with Crippen LogP contribution in [0.25, 0.3) is 0 Å². The molecule has 0 fully saturated rings. The van der Waals surface area contributed by atoms with E-state index in [0.717, 1.165) is 47.0 Å². The average Bonchev–Trinajstić information content (AvgIpc) is 3.11. The van der Waals surface area contributed by atoms with Crippen LogP contribution in [0.1, 0.15) is 19.0 Å². The number of aromatic nitrogens is 2. The number of fused-ring (bicyclic) bond motifs is 1. The maximum atomic E-state index is 4.85. The first-order chi connectivity index (χ1) is 14.6. The molecule has 0 radical (unpaired) electrons. The molecule has 1 aliphatic heterocycles. The molecule has 0 amide bonds. The van der Waals surface area contributed by atoms with E-state index in [1.165, 1.54) is 0 Å². The Hall–Kier alpha value is -3.31. The van der Waals surface area contributed by atoms with Crippen LogP contribution in [0, 0.1) is 6.92 Å². The summed E-state index contributed by atoms with van der Waals surface area (Å²) in [6, 6.07) is 1.96. The summed E-state index contributed by atoms with van der Waals surface area (Å²) in [5.41, 5.74) is 4.82. The van der Waals surface area contributed by atoms with E-state index < -0.39 is 0 Å². The largest absolute Gasteiger partial charge is 0.313 e. The predicted octanol–water partition coefficient (Wildman–Crippen LogP) is 5.20. The number of aryl methyl sites for hydroxylation is 1. The highest BCUT2D eigenvalue weighted by Gasteiger charge is 2.10. The van der Waals surface area contributed by atoms with Crippen LogP contribution in [0.2, 0.25) is 0 Å². The molecule has 0 bridgehead atoms. The van der Waals surface area contributed by atoms with Crippen LogP contribution >= 0.6 is 0 Å². The van der Waals surface area contributed by atoms with Crippen LogP contribution in [-0.4, -0.2) is 34.8 Å². The first-order valence-corrected chi connectivity index (χ1v) is 10.1. The third-order valence-electron chi connectivity index (χ3n) is 4.42. The molecule has 2 heterocycles. The van der Waals surface area contributed by atoms with Gasteiger partial charge < -0.3 is 5.32 Å². The van der Waals surface area contributed by atoms with Crippen LogP contribution in [0.15, 0.2) is 101 Å². The lowest BCUT2D eigenvalue weighted by atomic mass is 9.98. The van der Waals surface area contributed by atoms with Crippen molar-refractivity contribution < 1.29 is 0 Å². The fourth-order valence-corrected chi connectivity index (χ4v) is 2.92. The van der Waals surface area contributed by atoms with E-state index in [9.17, 15) is 0 Å². The van der Waals surface area contributed by atoms with Crippen molar-refractivity contribution in [1.29, 1.82) is 0 Å². The highest BCUT2D eigenvalue weighted by Crippen LogP contribution is 2.19. The standard InChI is InChI=1S/C25H31N5/c1-6-12-22(8-3)23-14-11-16-27-25-17-20(5)29-30(25)19-28-24(23)15-10-13-21(7-2)18-26-9-4/h6-8,10,12-17,26H,1-3,9,11,18-19H2,4-5H3/b15-10+,21-13+,22-12+,23-14-,27-16-,28-24-. The van der Waals surface area contributed by atoms with Crippen LogP contribution < -0.4 is 5.32 Å². The van der Waals surface area contributed by atoms with Gasteiger partial charge in [-0.05, 0) is 30.7 Å². The molecule has 0 aromatic carbocycles. The van der Waals surface area contributed by atoms with E-state index >= 15 is 0 Å². The minimum atomic E-state index is 0.380. The number of aliphatic imine (C=N–C) groups is 2.